The fourth-order valence-electron chi connectivity index (χ4n) is 5.26. The van der Waals surface area contributed by atoms with Crippen molar-refractivity contribution < 1.29 is 29.6 Å². The summed E-state index contributed by atoms with van der Waals surface area (Å²) in [5, 5.41) is 9.29. The van der Waals surface area contributed by atoms with Crippen LogP contribution in [0.4, 0.5) is 5.69 Å². The first-order chi connectivity index (χ1) is 19.4. The summed E-state index contributed by atoms with van der Waals surface area (Å²) in [5.74, 6) is 4.00. The van der Waals surface area contributed by atoms with E-state index in [2.05, 4.69) is 31.4 Å². The van der Waals surface area contributed by atoms with Crippen LogP contribution in [0.5, 0.6) is 0 Å². The first kappa shape index (κ1) is 29.3. The average Bonchev–Trinajstić information content (AvgIpc) is 3.20. The Balaban J connectivity index is 1.17. The minimum Gasteiger partial charge on any atom is -0.385 e. The van der Waals surface area contributed by atoms with Crippen molar-refractivity contribution in [2.24, 2.45) is 21.9 Å². The van der Waals surface area contributed by atoms with E-state index in [1.165, 1.54) is 0 Å². The number of nitrogens with two attached hydrogens (primary N) is 1. The second-order valence-corrected chi connectivity index (χ2v) is 10.3. The van der Waals surface area contributed by atoms with Gasteiger partial charge in [0.1, 0.15) is 11.8 Å². The van der Waals surface area contributed by atoms with Gasteiger partial charge in [0, 0.05) is 31.4 Å². The van der Waals surface area contributed by atoms with Crippen molar-refractivity contribution >= 4 is 41.2 Å². The molecule has 1 aromatic rings. The Morgan fingerprint density at radius 2 is 1.93 bits per heavy atom. The Hall–Kier alpha value is -3.68. The molecule has 7 N–H and O–H groups in total. The topological polar surface area (TPSA) is 186 Å². The smallest absolute Gasteiger partial charge is 0.262 e. The minimum atomic E-state index is -0.959. The van der Waals surface area contributed by atoms with Crippen LogP contribution in [0.3, 0.4) is 0 Å². The highest BCUT2D eigenvalue weighted by molar-refractivity contribution is 6.31. The lowest BCUT2D eigenvalue weighted by Gasteiger charge is -2.31. The molecule has 4 amide bonds. The molecule has 0 aromatic heterocycles. The third kappa shape index (κ3) is 7.29. The van der Waals surface area contributed by atoms with Crippen molar-refractivity contribution in [1.29, 1.82) is 0 Å². The van der Waals surface area contributed by atoms with Gasteiger partial charge in [-0.05, 0) is 62.9 Å². The number of ether oxygens (including phenoxy) is 1. The van der Waals surface area contributed by atoms with Gasteiger partial charge in [-0.2, -0.15) is 5.10 Å². The number of fused-ring (bicyclic) bond motifs is 1. The fourth-order valence-corrected chi connectivity index (χ4v) is 5.26. The van der Waals surface area contributed by atoms with E-state index in [-0.39, 0.29) is 29.9 Å². The van der Waals surface area contributed by atoms with Crippen molar-refractivity contribution in [3.63, 3.8) is 0 Å². The lowest BCUT2D eigenvalue weighted by Crippen LogP contribution is -2.54. The summed E-state index contributed by atoms with van der Waals surface area (Å²) in [6, 6.07) is 4.13. The fraction of sp³-hybridized carbons (Fsp3) is 0.556. The van der Waals surface area contributed by atoms with Gasteiger partial charge in [0.2, 0.25) is 11.8 Å². The van der Waals surface area contributed by atoms with Gasteiger partial charge < -0.3 is 26.5 Å². The van der Waals surface area contributed by atoms with Gasteiger partial charge in [-0.25, -0.2) is 0 Å². The minimum absolute atomic E-state index is 0.0990. The summed E-state index contributed by atoms with van der Waals surface area (Å²) in [4.78, 5) is 57.4. The molecule has 2 fully saturated rings. The number of hydrogen-bond acceptors (Lipinski definition) is 10. The van der Waals surface area contributed by atoms with Gasteiger partial charge in [-0.15, -0.1) is 0 Å². The zero-order valence-corrected chi connectivity index (χ0v) is 22.8. The Morgan fingerprint density at radius 1 is 1.15 bits per heavy atom. The number of carbonyl (C=O) groups excluding carboxylic acids is 4. The summed E-state index contributed by atoms with van der Waals surface area (Å²) in [7, 11) is 0. The largest absolute Gasteiger partial charge is 0.385 e. The number of nitrogens with one attached hydrogen (secondary N) is 2. The molecule has 216 valence electrons. The van der Waals surface area contributed by atoms with Gasteiger partial charge in [-0.3, -0.25) is 34.4 Å². The molecule has 3 heterocycles. The number of benzene rings is 1. The molecule has 1 aromatic carbocycles. The molecule has 4 rings (SSSR count). The van der Waals surface area contributed by atoms with Gasteiger partial charge in [0.05, 0.1) is 37.4 Å². The number of rotatable bonds is 13. The van der Waals surface area contributed by atoms with Crippen LogP contribution in [0.1, 0.15) is 52.8 Å². The van der Waals surface area contributed by atoms with E-state index in [1.54, 1.807) is 24.4 Å². The van der Waals surface area contributed by atoms with E-state index < -0.39 is 23.8 Å². The number of anilines is 1. The Bertz CT molecular complexity index is 1160. The van der Waals surface area contributed by atoms with Crippen molar-refractivity contribution in [2.75, 3.05) is 57.8 Å². The number of nitrogens with zero attached hydrogens (tertiary/aromatic N) is 4. The molecule has 13 heteroatoms. The molecule has 3 aliphatic rings. The van der Waals surface area contributed by atoms with Crippen molar-refractivity contribution in [3.05, 3.63) is 29.3 Å². The number of amides is 4. The number of hydrogen-bond donors (Lipinski definition) is 4. The first-order valence-electron chi connectivity index (χ1n) is 13.9. The number of likely N-dealkylation sites (tertiary alicyclic amines) is 1. The summed E-state index contributed by atoms with van der Waals surface area (Å²) in [6.45, 7) is 5.98. The normalized spacial score (nSPS) is 20.9. The third-order valence-corrected chi connectivity index (χ3v) is 7.52. The molecule has 0 radical (unpaired) electrons. The van der Waals surface area contributed by atoms with Crippen molar-refractivity contribution in [1.82, 2.24) is 15.1 Å². The molecule has 40 heavy (non-hydrogen) atoms. The summed E-state index contributed by atoms with van der Waals surface area (Å²) >= 11 is 0. The number of quaternary nitrogens is 1. The SMILES string of the molecule is N/N=C(\C=NCCN1CCC(CCNc2ccc3c(c2)C(=O)N(C2CCC(=O)NC2=O)C3=O)CC1)COCC[NH3+]. The Morgan fingerprint density at radius 3 is 2.65 bits per heavy atom. The maximum absolute atomic E-state index is 13.0. The van der Waals surface area contributed by atoms with Crippen LogP contribution in [0.15, 0.2) is 28.3 Å². The van der Waals surface area contributed by atoms with E-state index in [9.17, 15) is 19.2 Å². The number of piperidine rings is 2. The van der Waals surface area contributed by atoms with Crippen molar-refractivity contribution in [3.8, 4) is 0 Å². The molecule has 2 saturated heterocycles. The maximum atomic E-state index is 13.0. The van der Waals surface area contributed by atoms with Crippen LogP contribution in [0, 0.1) is 5.92 Å². The average molecular weight is 556 g/mol. The van der Waals surface area contributed by atoms with E-state index in [4.69, 9.17) is 10.6 Å². The van der Waals surface area contributed by atoms with E-state index in [0.29, 0.717) is 37.9 Å². The molecule has 0 spiro atoms. The van der Waals surface area contributed by atoms with Crippen LogP contribution in [0.2, 0.25) is 0 Å². The zero-order valence-electron chi connectivity index (χ0n) is 22.8. The molecule has 0 saturated carbocycles. The zero-order chi connectivity index (χ0) is 28.5. The standard InChI is InChI=1S/C27H38N8O5/c28-8-14-40-17-20(33-29)16-30-10-13-34-11-6-18(7-12-34)5-9-31-19-1-2-21-22(15-19)27(39)35(26(21)38)23-3-4-24(36)32-25(23)37/h1-2,15-16,18,23,31H,3-14,17,28-29H2,(H,32,36,37)/p+1/b30-16?,33-20+. The van der Waals surface area contributed by atoms with Crippen LogP contribution in [-0.2, 0) is 14.3 Å². The highest BCUT2D eigenvalue weighted by atomic mass is 16.5. The number of imide groups is 2. The number of aliphatic imine (C=N–C) groups is 1. The molecular formula is C27H39N8O5+. The Kier molecular flexibility index (Phi) is 10.3. The molecule has 0 aliphatic carbocycles. The van der Waals surface area contributed by atoms with Gasteiger partial charge >= 0.3 is 0 Å². The van der Waals surface area contributed by atoms with Gasteiger partial charge in [0.15, 0.2) is 0 Å². The summed E-state index contributed by atoms with van der Waals surface area (Å²) < 4.78 is 5.38. The van der Waals surface area contributed by atoms with E-state index >= 15 is 0 Å². The van der Waals surface area contributed by atoms with E-state index in [1.807, 2.05) is 0 Å². The van der Waals surface area contributed by atoms with Crippen LogP contribution >= 0.6 is 0 Å². The molecule has 0 bridgehead atoms. The number of hydrazone groups is 1. The second-order valence-electron chi connectivity index (χ2n) is 10.3. The van der Waals surface area contributed by atoms with E-state index in [0.717, 1.165) is 56.0 Å². The molecule has 1 atom stereocenters. The summed E-state index contributed by atoms with van der Waals surface area (Å²) in [6.07, 6.45) is 5.14. The second kappa shape index (κ2) is 14.1. The third-order valence-electron chi connectivity index (χ3n) is 7.52. The highest BCUT2D eigenvalue weighted by Gasteiger charge is 2.44. The predicted octanol–water partition coefficient (Wildman–Crippen LogP) is -0.754. The van der Waals surface area contributed by atoms with Crippen LogP contribution < -0.4 is 22.2 Å². The van der Waals surface area contributed by atoms with Crippen LogP contribution in [-0.4, -0.2) is 104 Å². The molecule has 3 aliphatic heterocycles. The Labute approximate surface area is 233 Å². The lowest BCUT2D eigenvalue weighted by atomic mass is 9.93. The van der Waals surface area contributed by atoms with Gasteiger partial charge in [-0.1, -0.05) is 0 Å². The molecular weight excluding hydrogens is 516 g/mol. The molecule has 1 unspecified atom stereocenters. The predicted molar refractivity (Wildman–Crippen MR) is 149 cm³/mol. The lowest BCUT2D eigenvalue weighted by molar-refractivity contribution is -0.373. The van der Waals surface area contributed by atoms with Crippen molar-refractivity contribution in [2.45, 2.75) is 38.1 Å². The molecule has 13 nitrogen and oxygen atoms in total. The van der Waals surface area contributed by atoms with Gasteiger partial charge in [0.25, 0.3) is 11.8 Å². The highest BCUT2D eigenvalue weighted by Crippen LogP contribution is 2.30. The monoisotopic (exact) mass is 555 g/mol. The maximum Gasteiger partial charge on any atom is 0.262 e. The number of carbonyl (C=O) groups is 4. The van der Waals surface area contributed by atoms with Crippen LogP contribution in [0.25, 0.3) is 0 Å². The first-order valence-corrected chi connectivity index (χ1v) is 13.9. The summed E-state index contributed by atoms with van der Waals surface area (Å²) in [5.41, 5.74) is 5.67. The quantitative estimate of drug-likeness (QED) is 0.0804.